The number of fused-ring (bicyclic) bond motifs is 2. The molecule has 164 valence electrons. The van der Waals surface area contributed by atoms with Crippen LogP contribution in [-0.2, 0) is 20.8 Å². The molecule has 2 saturated heterocycles. The van der Waals surface area contributed by atoms with Gasteiger partial charge in [-0.15, -0.1) is 0 Å². The van der Waals surface area contributed by atoms with E-state index in [0.717, 1.165) is 16.5 Å². The van der Waals surface area contributed by atoms with Gasteiger partial charge in [-0.1, -0.05) is 24.3 Å². The molecule has 3 heterocycles. The Kier molecular flexibility index (Phi) is 4.45. The van der Waals surface area contributed by atoms with E-state index in [9.17, 15) is 24.6 Å². The molecule has 2 fully saturated rings. The standard InChI is InChI=1S/C23H21N3O6/c1-32-16-8-11(6-7-15(16)27)19-17-18(21(29)25-20(17)28)23(26-19,22(30)31)9-12-10-24-14-5-3-2-4-13(12)14/h2-8,10,17-19,24,26-27H,9H2,1H3,(H,30,31)(H,25,28,29). The highest BCUT2D eigenvalue weighted by Gasteiger charge is 2.66. The van der Waals surface area contributed by atoms with Crippen LogP contribution in [0.5, 0.6) is 11.5 Å². The van der Waals surface area contributed by atoms with Crippen molar-refractivity contribution in [3.05, 3.63) is 59.8 Å². The normalized spacial score (nSPS) is 26.8. The van der Waals surface area contributed by atoms with E-state index < -0.39 is 41.2 Å². The minimum atomic E-state index is -1.71. The number of benzene rings is 2. The number of para-hydroxylation sites is 1. The number of ether oxygens (including phenoxy) is 1. The molecule has 4 unspecified atom stereocenters. The van der Waals surface area contributed by atoms with Crippen LogP contribution in [0.3, 0.4) is 0 Å². The van der Waals surface area contributed by atoms with Gasteiger partial charge in [0.1, 0.15) is 5.54 Å². The molecule has 0 radical (unpaired) electrons. The lowest BCUT2D eigenvalue weighted by atomic mass is 9.76. The van der Waals surface area contributed by atoms with Crippen LogP contribution in [0.15, 0.2) is 48.7 Å². The van der Waals surface area contributed by atoms with E-state index in [1.807, 2.05) is 24.3 Å². The van der Waals surface area contributed by atoms with E-state index in [-0.39, 0.29) is 17.9 Å². The van der Waals surface area contributed by atoms with Gasteiger partial charge in [-0.05, 0) is 29.3 Å². The average Bonchev–Trinajstić information content (AvgIpc) is 3.43. The molecule has 32 heavy (non-hydrogen) atoms. The number of aromatic hydroxyl groups is 1. The van der Waals surface area contributed by atoms with E-state index in [4.69, 9.17) is 4.74 Å². The fourth-order valence-corrected chi connectivity index (χ4v) is 5.12. The molecule has 5 rings (SSSR count). The van der Waals surface area contributed by atoms with E-state index in [0.29, 0.717) is 5.56 Å². The van der Waals surface area contributed by atoms with Gasteiger partial charge in [-0.3, -0.25) is 25.0 Å². The number of carbonyl (C=O) groups is 3. The van der Waals surface area contributed by atoms with Crippen molar-refractivity contribution >= 4 is 28.7 Å². The van der Waals surface area contributed by atoms with Gasteiger partial charge in [0.05, 0.1) is 18.9 Å². The summed E-state index contributed by atoms with van der Waals surface area (Å²) in [5.41, 5.74) is 0.415. The van der Waals surface area contributed by atoms with Crippen molar-refractivity contribution in [3.63, 3.8) is 0 Å². The maximum absolute atomic E-state index is 12.8. The third-order valence-electron chi connectivity index (χ3n) is 6.58. The number of carboxylic acid groups (broad SMARTS) is 1. The molecule has 0 bridgehead atoms. The monoisotopic (exact) mass is 435 g/mol. The number of aliphatic carboxylic acids is 1. The van der Waals surface area contributed by atoms with Gasteiger partial charge in [-0.2, -0.15) is 0 Å². The smallest absolute Gasteiger partial charge is 0.325 e. The maximum atomic E-state index is 12.8. The molecular weight excluding hydrogens is 414 g/mol. The summed E-state index contributed by atoms with van der Waals surface area (Å²) < 4.78 is 5.17. The molecule has 0 spiro atoms. The Morgan fingerprint density at radius 2 is 1.94 bits per heavy atom. The lowest BCUT2D eigenvalue weighted by molar-refractivity contribution is -0.149. The number of imide groups is 1. The third-order valence-corrected chi connectivity index (χ3v) is 6.58. The van der Waals surface area contributed by atoms with E-state index in [1.54, 1.807) is 18.3 Å². The van der Waals surface area contributed by atoms with Crippen LogP contribution in [0.4, 0.5) is 0 Å². The van der Waals surface area contributed by atoms with E-state index in [1.165, 1.54) is 13.2 Å². The number of H-pyrrole nitrogens is 1. The molecular formula is C23H21N3O6. The van der Waals surface area contributed by atoms with Crippen LogP contribution in [0, 0.1) is 11.8 Å². The quantitative estimate of drug-likeness (QED) is 0.382. The van der Waals surface area contributed by atoms with Crippen LogP contribution in [0.1, 0.15) is 17.2 Å². The summed E-state index contributed by atoms with van der Waals surface area (Å²) in [5.74, 6) is -4.26. The van der Waals surface area contributed by atoms with Gasteiger partial charge in [-0.25, -0.2) is 0 Å². The number of phenols is 1. The van der Waals surface area contributed by atoms with Gasteiger partial charge in [0.2, 0.25) is 11.8 Å². The Balaban J connectivity index is 1.63. The van der Waals surface area contributed by atoms with Crippen molar-refractivity contribution < 1.29 is 29.3 Å². The molecule has 9 nitrogen and oxygen atoms in total. The van der Waals surface area contributed by atoms with Crippen LogP contribution in [-0.4, -0.2) is 45.6 Å². The Morgan fingerprint density at radius 1 is 1.16 bits per heavy atom. The van der Waals surface area contributed by atoms with Gasteiger partial charge < -0.3 is 19.9 Å². The molecule has 2 amide bonds. The van der Waals surface area contributed by atoms with Crippen LogP contribution in [0.25, 0.3) is 10.9 Å². The molecule has 3 aromatic rings. The molecule has 9 heteroatoms. The average molecular weight is 435 g/mol. The Labute approximate surface area is 182 Å². The maximum Gasteiger partial charge on any atom is 0.325 e. The highest BCUT2D eigenvalue weighted by molar-refractivity contribution is 6.09. The number of rotatable bonds is 5. The molecule has 2 aliphatic rings. The predicted molar refractivity (Wildman–Crippen MR) is 113 cm³/mol. The zero-order chi connectivity index (χ0) is 22.6. The molecule has 2 aromatic carbocycles. The molecule has 2 aliphatic heterocycles. The number of methoxy groups -OCH3 is 1. The first-order valence-electron chi connectivity index (χ1n) is 10.1. The molecule has 4 atom stereocenters. The number of aromatic nitrogens is 1. The van der Waals surface area contributed by atoms with Crippen molar-refractivity contribution in [2.45, 2.75) is 18.0 Å². The Bertz CT molecular complexity index is 1270. The zero-order valence-corrected chi connectivity index (χ0v) is 17.1. The number of carboxylic acids is 1. The number of phenolic OH excluding ortho intramolecular Hbond substituents is 1. The number of hydrogen-bond donors (Lipinski definition) is 5. The van der Waals surface area contributed by atoms with Gasteiger partial charge in [0.15, 0.2) is 11.5 Å². The second-order valence-corrected chi connectivity index (χ2v) is 8.22. The lowest BCUT2D eigenvalue weighted by Gasteiger charge is -2.30. The fourth-order valence-electron chi connectivity index (χ4n) is 5.12. The number of aromatic amines is 1. The van der Waals surface area contributed by atoms with Crippen molar-refractivity contribution in [2.24, 2.45) is 11.8 Å². The highest BCUT2D eigenvalue weighted by Crippen LogP contribution is 2.48. The largest absolute Gasteiger partial charge is 0.504 e. The van der Waals surface area contributed by atoms with Crippen molar-refractivity contribution in [1.82, 2.24) is 15.6 Å². The third kappa shape index (κ3) is 2.78. The number of amides is 2. The molecule has 5 N–H and O–H groups in total. The van der Waals surface area contributed by atoms with Crippen molar-refractivity contribution in [1.29, 1.82) is 0 Å². The van der Waals surface area contributed by atoms with Crippen LogP contribution in [0.2, 0.25) is 0 Å². The first-order chi connectivity index (χ1) is 15.4. The highest BCUT2D eigenvalue weighted by atomic mass is 16.5. The van der Waals surface area contributed by atoms with E-state index in [2.05, 4.69) is 15.6 Å². The summed E-state index contributed by atoms with van der Waals surface area (Å²) in [6.07, 6.45) is 1.73. The second-order valence-electron chi connectivity index (χ2n) is 8.22. The fraction of sp³-hybridized carbons (Fsp3) is 0.261. The number of hydrogen-bond acceptors (Lipinski definition) is 6. The zero-order valence-electron chi connectivity index (χ0n) is 17.1. The summed E-state index contributed by atoms with van der Waals surface area (Å²) in [7, 11) is 1.40. The number of carbonyl (C=O) groups excluding carboxylic acids is 2. The topological polar surface area (TPSA) is 141 Å². The van der Waals surface area contributed by atoms with Crippen molar-refractivity contribution in [3.8, 4) is 11.5 Å². The molecule has 1 aromatic heterocycles. The van der Waals surface area contributed by atoms with Gasteiger partial charge in [0.25, 0.3) is 0 Å². The van der Waals surface area contributed by atoms with Gasteiger partial charge >= 0.3 is 5.97 Å². The predicted octanol–water partition coefficient (Wildman–Crippen LogP) is 1.48. The lowest BCUT2D eigenvalue weighted by Crippen LogP contribution is -2.57. The summed E-state index contributed by atoms with van der Waals surface area (Å²) in [6, 6.07) is 11.3. The second kappa shape index (κ2) is 7.10. The summed E-state index contributed by atoms with van der Waals surface area (Å²) in [5, 5.41) is 26.6. The SMILES string of the molecule is COc1cc(C2NC(Cc3c[nH]c4ccccc34)(C(=O)O)C3C(=O)NC(=O)C23)ccc1O. The van der Waals surface area contributed by atoms with Crippen molar-refractivity contribution in [2.75, 3.05) is 7.11 Å². The Morgan fingerprint density at radius 3 is 2.69 bits per heavy atom. The summed E-state index contributed by atoms with van der Waals surface area (Å²) in [4.78, 5) is 41.4. The minimum absolute atomic E-state index is 0.0000676. The molecule has 0 saturated carbocycles. The summed E-state index contributed by atoms with van der Waals surface area (Å²) >= 11 is 0. The summed E-state index contributed by atoms with van der Waals surface area (Å²) in [6.45, 7) is 0. The first kappa shape index (κ1) is 20.1. The Hall–Kier alpha value is -3.85. The number of nitrogens with one attached hydrogen (secondary N) is 3. The van der Waals surface area contributed by atoms with Gasteiger partial charge in [0, 0.05) is 29.6 Å². The van der Waals surface area contributed by atoms with Crippen LogP contribution >= 0.6 is 0 Å². The molecule has 0 aliphatic carbocycles. The van der Waals surface area contributed by atoms with E-state index >= 15 is 0 Å². The van der Waals surface area contributed by atoms with Crippen LogP contribution < -0.4 is 15.4 Å². The first-order valence-corrected chi connectivity index (χ1v) is 10.1. The minimum Gasteiger partial charge on any atom is -0.504 e.